The molecule has 0 N–H and O–H groups in total. The van der Waals surface area contributed by atoms with Gasteiger partial charge in [0.15, 0.2) is 0 Å². The summed E-state index contributed by atoms with van der Waals surface area (Å²) in [5, 5.41) is 2.63. The maximum atomic E-state index is 4.85. The van der Waals surface area contributed by atoms with Crippen LogP contribution in [0.5, 0.6) is 0 Å². The summed E-state index contributed by atoms with van der Waals surface area (Å²) in [7, 11) is 2.06. The molecule has 0 amide bonds. The van der Waals surface area contributed by atoms with Gasteiger partial charge in [-0.1, -0.05) is 24.3 Å². The van der Waals surface area contributed by atoms with Gasteiger partial charge in [0, 0.05) is 39.0 Å². The average molecular weight is 329 g/mol. The lowest BCUT2D eigenvalue weighted by Gasteiger charge is -2.04. The standard InChI is InChI=1S/C20H15N3S/c1-12-6-7-13-14-4-3-5-15(19(14)24-18(13)10-12)20-22-16-8-9-21-11-17(16)23(20)2/h3-11H,1-2H3. The highest BCUT2D eigenvalue weighted by molar-refractivity contribution is 7.26. The molecule has 0 atom stereocenters. The maximum Gasteiger partial charge on any atom is 0.142 e. The number of aromatic nitrogens is 3. The highest BCUT2D eigenvalue weighted by Gasteiger charge is 2.15. The Hall–Kier alpha value is -2.72. The number of benzene rings is 2. The summed E-state index contributed by atoms with van der Waals surface area (Å²) in [5.74, 6) is 0.992. The third kappa shape index (κ3) is 1.83. The molecule has 3 heterocycles. The highest BCUT2D eigenvalue weighted by atomic mass is 32.1. The Morgan fingerprint density at radius 2 is 1.96 bits per heavy atom. The topological polar surface area (TPSA) is 30.7 Å². The fourth-order valence-electron chi connectivity index (χ4n) is 3.36. The lowest BCUT2D eigenvalue weighted by atomic mass is 10.1. The quantitative estimate of drug-likeness (QED) is 0.417. The Bertz CT molecular complexity index is 1230. The minimum Gasteiger partial charge on any atom is -0.326 e. The van der Waals surface area contributed by atoms with Gasteiger partial charge in [0.05, 0.1) is 17.2 Å². The van der Waals surface area contributed by atoms with E-state index in [1.54, 1.807) is 6.20 Å². The summed E-state index contributed by atoms with van der Waals surface area (Å²) in [6.07, 6.45) is 3.67. The summed E-state index contributed by atoms with van der Waals surface area (Å²) in [6.45, 7) is 2.14. The monoisotopic (exact) mass is 329 g/mol. The van der Waals surface area contributed by atoms with Gasteiger partial charge in [-0.15, -0.1) is 11.3 Å². The molecule has 0 aliphatic carbocycles. The number of pyridine rings is 1. The van der Waals surface area contributed by atoms with Gasteiger partial charge >= 0.3 is 0 Å². The van der Waals surface area contributed by atoms with Crippen LogP contribution in [0.25, 0.3) is 42.6 Å². The van der Waals surface area contributed by atoms with E-state index in [2.05, 4.69) is 59.9 Å². The van der Waals surface area contributed by atoms with Crippen molar-refractivity contribution < 1.29 is 0 Å². The van der Waals surface area contributed by atoms with Crippen LogP contribution in [0, 0.1) is 6.92 Å². The van der Waals surface area contributed by atoms with Crippen molar-refractivity contribution >= 4 is 42.5 Å². The summed E-state index contributed by atoms with van der Waals surface area (Å²) >= 11 is 1.85. The molecule has 2 aromatic carbocycles. The largest absolute Gasteiger partial charge is 0.326 e. The first-order valence-corrected chi connectivity index (χ1v) is 8.73. The smallest absolute Gasteiger partial charge is 0.142 e. The van der Waals surface area contributed by atoms with Crippen LogP contribution in [0.2, 0.25) is 0 Å². The van der Waals surface area contributed by atoms with E-state index < -0.39 is 0 Å². The van der Waals surface area contributed by atoms with Crippen LogP contribution in [0.15, 0.2) is 54.9 Å². The molecule has 0 unspecified atom stereocenters. The Morgan fingerprint density at radius 3 is 2.83 bits per heavy atom. The Kier molecular flexibility index (Phi) is 2.79. The van der Waals surface area contributed by atoms with Crippen molar-refractivity contribution in [1.29, 1.82) is 0 Å². The number of hydrogen-bond donors (Lipinski definition) is 0. The molecule has 0 aliphatic rings. The molecule has 5 aromatic rings. The molecule has 0 bridgehead atoms. The van der Waals surface area contributed by atoms with Gasteiger partial charge in [0.1, 0.15) is 5.82 Å². The van der Waals surface area contributed by atoms with Crippen molar-refractivity contribution in [2.75, 3.05) is 0 Å². The van der Waals surface area contributed by atoms with Crippen LogP contribution in [-0.4, -0.2) is 14.5 Å². The van der Waals surface area contributed by atoms with E-state index in [-0.39, 0.29) is 0 Å². The molecular formula is C20H15N3S. The second-order valence-electron chi connectivity index (χ2n) is 6.14. The lowest BCUT2D eigenvalue weighted by molar-refractivity contribution is 0.958. The minimum absolute atomic E-state index is 0.983. The maximum absolute atomic E-state index is 4.85. The third-order valence-corrected chi connectivity index (χ3v) is 5.78. The second kappa shape index (κ2) is 4.89. The number of imidazole rings is 1. The zero-order valence-electron chi connectivity index (χ0n) is 13.4. The Balaban J connectivity index is 1.88. The second-order valence-corrected chi connectivity index (χ2v) is 7.19. The van der Waals surface area contributed by atoms with E-state index in [0.29, 0.717) is 0 Å². The van der Waals surface area contributed by atoms with E-state index in [4.69, 9.17) is 4.98 Å². The predicted molar refractivity (Wildman–Crippen MR) is 102 cm³/mol. The molecule has 116 valence electrons. The molecule has 0 fully saturated rings. The number of thiophene rings is 1. The van der Waals surface area contributed by atoms with Crippen LogP contribution in [0.3, 0.4) is 0 Å². The SMILES string of the molecule is Cc1ccc2c(c1)sc1c(-c3nc4ccncc4n3C)cccc12. The number of hydrogen-bond acceptors (Lipinski definition) is 3. The molecule has 0 saturated carbocycles. The molecular weight excluding hydrogens is 314 g/mol. The van der Waals surface area contributed by atoms with E-state index in [1.807, 2.05) is 23.6 Å². The van der Waals surface area contributed by atoms with E-state index in [1.165, 1.54) is 31.3 Å². The van der Waals surface area contributed by atoms with Gasteiger partial charge in [0.25, 0.3) is 0 Å². The Morgan fingerprint density at radius 1 is 1.04 bits per heavy atom. The van der Waals surface area contributed by atoms with E-state index in [9.17, 15) is 0 Å². The first-order valence-electron chi connectivity index (χ1n) is 7.91. The molecule has 24 heavy (non-hydrogen) atoms. The van der Waals surface area contributed by atoms with Crippen molar-refractivity contribution in [3.63, 3.8) is 0 Å². The molecule has 0 aliphatic heterocycles. The van der Waals surface area contributed by atoms with Crippen molar-refractivity contribution in [3.05, 3.63) is 60.4 Å². The first kappa shape index (κ1) is 13.7. The van der Waals surface area contributed by atoms with Crippen LogP contribution in [-0.2, 0) is 7.05 Å². The Labute approximate surface area is 143 Å². The minimum atomic E-state index is 0.983. The molecule has 3 nitrogen and oxygen atoms in total. The zero-order chi connectivity index (χ0) is 16.3. The van der Waals surface area contributed by atoms with Gasteiger partial charge in [-0.3, -0.25) is 4.98 Å². The number of rotatable bonds is 1. The van der Waals surface area contributed by atoms with E-state index in [0.717, 1.165) is 16.9 Å². The van der Waals surface area contributed by atoms with Crippen LogP contribution in [0.4, 0.5) is 0 Å². The fourth-order valence-corrected chi connectivity index (χ4v) is 4.67. The molecule has 0 radical (unpaired) electrons. The van der Waals surface area contributed by atoms with Crippen molar-refractivity contribution in [1.82, 2.24) is 14.5 Å². The van der Waals surface area contributed by atoms with Crippen molar-refractivity contribution in [3.8, 4) is 11.4 Å². The summed E-state index contributed by atoms with van der Waals surface area (Å²) in [6, 6.07) is 15.1. The van der Waals surface area contributed by atoms with E-state index >= 15 is 0 Å². The van der Waals surface area contributed by atoms with Crippen molar-refractivity contribution in [2.24, 2.45) is 7.05 Å². The van der Waals surface area contributed by atoms with Gasteiger partial charge in [-0.05, 0) is 30.7 Å². The zero-order valence-corrected chi connectivity index (χ0v) is 14.3. The lowest BCUT2D eigenvalue weighted by Crippen LogP contribution is -1.92. The van der Waals surface area contributed by atoms with Crippen molar-refractivity contribution in [2.45, 2.75) is 6.92 Å². The van der Waals surface area contributed by atoms with Gasteiger partial charge < -0.3 is 4.57 Å². The molecule has 3 aromatic heterocycles. The van der Waals surface area contributed by atoms with Crippen LogP contribution >= 0.6 is 11.3 Å². The molecule has 4 heteroatoms. The predicted octanol–water partition coefficient (Wildman–Crippen LogP) is 5.31. The van der Waals surface area contributed by atoms with Gasteiger partial charge in [-0.2, -0.15) is 0 Å². The van der Waals surface area contributed by atoms with Gasteiger partial charge in [0.2, 0.25) is 0 Å². The highest BCUT2D eigenvalue weighted by Crippen LogP contribution is 2.40. The average Bonchev–Trinajstić information content (AvgIpc) is 3.12. The third-order valence-electron chi connectivity index (χ3n) is 4.58. The molecule has 5 rings (SSSR count). The summed E-state index contributed by atoms with van der Waals surface area (Å²) in [4.78, 5) is 9.08. The molecule has 0 saturated heterocycles. The molecule has 0 spiro atoms. The normalized spacial score (nSPS) is 11.8. The van der Waals surface area contributed by atoms with Crippen LogP contribution in [0.1, 0.15) is 5.56 Å². The number of aryl methyl sites for hydroxylation is 2. The first-order chi connectivity index (χ1) is 11.7. The number of fused-ring (bicyclic) bond motifs is 4. The summed E-state index contributed by atoms with van der Waals surface area (Å²) < 4.78 is 4.76. The number of nitrogens with zero attached hydrogens (tertiary/aromatic N) is 3. The van der Waals surface area contributed by atoms with Gasteiger partial charge in [-0.25, -0.2) is 4.98 Å². The fraction of sp³-hybridized carbons (Fsp3) is 0.100. The van der Waals surface area contributed by atoms with Crippen LogP contribution < -0.4 is 0 Å². The summed E-state index contributed by atoms with van der Waals surface area (Å²) in [5.41, 5.74) is 4.52.